The maximum Gasteiger partial charge on any atom is 0.254 e. The molecule has 0 aliphatic rings. The number of amides is 1. The van der Waals surface area contributed by atoms with Crippen LogP contribution in [-0.2, 0) is 6.54 Å². The Morgan fingerprint density at radius 2 is 2.00 bits per heavy atom. The van der Waals surface area contributed by atoms with Crippen molar-refractivity contribution in [3.8, 4) is 5.75 Å². The summed E-state index contributed by atoms with van der Waals surface area (Å²) in [7, 11) is 1.54. The number of benzene rings is 1. The van der Waals surface area contributed by atoms with Crippen molar-refractivity contribution in [2.45, 2.75) is 13.5 Å². The van der Waals surface area contributed by atoms with Crippen LogP contribution in [0.2, 0.25) is 0 Å². The molecule has 0 bridgehead atoms. The highest BCUT2D eigenvalue weighted by Gasteiger charge is 2.16. The minimum absolute atomic E-state index is 0.0485. The molecule has 2 rings (SSSR count). The first kappa shape index (κ1) is 14.8. The molecule has 1 amide bonds. The number of hydrogen-bond acceptors (Lipinski definition) is 4. The Kier molecular flexibility index (Phi) is 4.77. The SMILES string of the molecule is CCN(Cc1ccncc1)C(=O)c1ccc(N)c(OC)c1. The van der Waals surface area contributed by atoms with E-state index in [4.69, 9.17) is 10.5 Å². The number of rotatable bonds is 5. The van der Waals surface area contributed by atoms with Gasteiger partial charge in [-0.05, 0) is 42.8 Å². The molecular weight excluding hydrogens is 266 g/mol. The molecule has 0 unspecified atom stereocenters. The fourth-order valence-corrected chi connectivity index (χ4v) is 2.06. The number of anilines is 1. The van der Waals surface area contributed by atoms with Gasteiger partial charge in [0, 0.05) is 31.0 Å². The van der Waals surface area contributed by atoms with Crippen LogP contribution in [0.25, 0.3) is 0 Å². The zero-order valence-corrected chi connectivity index (χ0v) is 12.2. The van der Waals surface area contributed by atoms with E-state index in [9.17, 15) is 4.79 Å². The van der Waals surface area contributed by atoms with Crippen molar-refractivity contribution in [2.75, 3.05) is 19.4 Å². The van der Waals surface area contributed by atoms with E-state index < -0.39 is 0 Å². The van der Waals surface area contributed by atoms with Crippen LogP contribution in [0.4, 0.5) is 5.69 Å². The normalized spacial score (nSPS) is 10.2. The van der Waals surface area contributed by atoms with Crippen LogP contribution in [0.5, 0.6) is 5.75 Å². The highest BCUT2D eigenvalue weighted by Crippen LogP contribution is 2.23. The molecule has 1 aromatic heterocycles. The minimum atomic E-state index is -0.0485. The number of aromatic nitrogens is 1. The Bertz CT molecular complexity index is 614. The lowest BCUT2D eigenvalue weighted by Crippen LogP contribution is -2.30. The lowest BCUT2D eigenvalue weighted by Gasteiger charge is -2.21. The zero-order valence-electron chi connectivity index (χ0n) is 12.2. The average molecular weight is 285 g/mol. The summed E-state index contributed by atoms with van der Waals surface area (Å²) in [4.78, 5) is 18.3. The van der Waals surface area contributed by atoms with E-state index in [0.29, 0.717) is 30.1 Å². The maximum atomic E-state index is 12.6. The quantitative estimate of drug-likeness (QED) is 0.856. The summed E-state index contributed by atoms with van der Waals surface area (Å²) in [6.45, 7) is 3.12. The lowest BCUT2D eigenvalue weighted by molar-refractivity contribution is 0.0752. The van der Waals surface area contributed by atoms with Crippen LogP contribution in [0, 0.1) is 0 Å². The molecule has 0 fully saturated rings. The molecule has 1 heterocycles. The van der Waals surface area contributed by atoms with Gasteiger partial charge in [0.05, 0.1) is 12.8 Å². The second-order valence-corrected chi connectivity index (χ2v) is 4.63. The molecule has 110 valence electrons. The van der Waals surface area contributed by atoms with Crippen LogP contribution in [0.15, 0.2) is 42.7 Å². The number of nitrogen functional groups attached to an aromatic ring is 1. The van der Waals surface area contributed by atoms with Gasteiger partial charge in [-0.2, -0.15) is 0 Å². The summed E-state index contributed by atoms with van der Waals surface area (Å²) in [6.07, 6.45) is 3.44. The smallest absolute Gasteiger partial charge is 0.254 e. The number of hydrogen-bond donors (Lipinski definition) is 1. The Hall–Kier alpha value is -2.56. The van der Waals surface area contributed by atoms with Crippen molar-refractivity contribution in [3.05, 3.63) is 53.9 Å². The van der Waals surface area contributed by atoms with Gasteiger partial charge in [-0.3, -0.25) is 9.78 Å². The highest BCUT2D eigenvalue weighted by molar-refractivity contribution is 5.95. The zero-order chi connectivity index (χ0) is 15.2. The predicted molar refractivity (Wildman–Crippen MR) is 82.1 cm³/mol. The Morgan fingerprint density at radius 3 is 2.62 bits per heavy atom. The van der Waals surface area contributed by atoms with E-state index in [2.05, 4.69) is 4.98 Å². The summed E-state index contributed by atoms with van der Waals surface area (Å²) >= 11 is 0. The molecule has 2 N–H and O–H groups in total. The lowest BCUT2D eigenvalue weighted by atomic mass is 10.1. The predicted octanol–water partition coefficient (Wildman–Crippen LogP) is 2.33. The first-order valence-electron chi connectivity index (χ1n) is 6.77. The van der Waals surface area contributed by atoms with E-state index in [1.807, 2.05) is 19.1 Å². The molecule has 1 aromatic carbocycles. The van der Waals surface area contributed by atoms with Gasteiger partial charge in [-0.15, -0.1) is 0 Å². The number of methoxy groups -OCH3 is 1. The second kappa shape index (κ2) is 6.74. The Morgan fingerprint density at radius 1 is 1.29 bits per heavy atom. The van der Waals surface area contributed by atoms with Crippen molar-refractivity contribution in [3.63, 3.8) is 0 Å². The van der Waals surface area contributed by atoms with Gasteiger partial charge in [0.15, 0.2) is 0 Å². The molecule has 0 radical (unpaired) electrons. The minimum Gasteiger partial charge on any atom is -0.495 e. The summed E-state index contributed by atoms with van der Waals surface area (Å²) < 4.78 is 5.16. The molecule has 0 aliphatic carbocycles. The molecule has 5 nitrogen and oxygen atoms in total. The molecule has 0 saturated heterocycles. The largest absolute Gasteiger partial charge is 0.495 e. The van der Waals surface area contributed by atoms with Crippen molar-refractivity contribution < 1.29 is 9.53 Å². The first-order chi connectivity index (χ1) is 10.2. The molecule has 0 spiro atoms. The molecule has 0 aliphatic heterocycles. The molecule has 2 aromatic rings. The number of carbonyl (C=O) groups is 1. The number of nitrogens with two attached hydrogens (primary N) is 1. The van der Waals surface area contributed by atoms with Crippen molar-refractivity contribution in [1.82, 2.24) is 9.88 Å². The van der Waals surface area contributed by atoms with Gasteiger partial charge >= 0.3 is 0 Å². The van der Waals surface area contributed by atoms with Crippen LogP contribution in [0.1, 0.15) is 22.8 Å². The summed E-state index contributed by atoms with van der Waals surface area (Å²) in [5.74, 6) is 0.466. The van der Waals surface area contributed by atoms with Crippen LogP contribution >= 0.6 is 0 Å². The third-order valence-corrected chi connectivity index (χ3v) is 3.27. The third-order valence-electron chi connectivity index (χ3n) is 3.27. The molecular formula is C16H19N3O2. The highest BCUT2D eigenvalue weighted by atomic mass is 16.5. The van der Waals surface area contributed by atoms with Gasteiger partial charge in [-0.25, -0.2) is 0 Å². The standard InChI is InChI=1S/C16H19N3O2/c1-3-19(11-12-6-8-18-9-7-12)16(20)13-4-5-14(17)15(10-13)21-2/h4-10H,3,11,17H2,1-2H3. The van der Waals surface area contributed by atoms with Gasteiger partial charge in [0.1, 0.15) is 5.75 Å². The van der Waals surface area contributed by atoms with E-state index in [-0.39, 0.29) is 5.91 Å². The van der Waals surface area contributed by atoms with Gasteiger partial charge < -0.3 is 15.4 Å². The number of ether oxygens (including phenoxy) is 1. The maximum absolute atomic E-state index is 12.6. The van der Waals surface area contributed by atoms with Crippen LogP contribution in [0.3, 0.4) is 0 Å². The fraction of sp³-hybridized carbons (Fsp3) is 0.250. The fourth-order valence-electron chi connectivity index (χ4n) is 2.06. The topological polar surface area (TPSA) is 68.5 Å². The van der Waals surface area contributed by atoms with Gasteiger partial charge in [-0.1, -0.05) is 0 Å². The number of pyridine rings is 1. The first-order valence-corrected chi connectivity index (χ1v) is 6.77. The van der Waals surface area contributed by atoms with Gasteiger partial charge in [0.2, 0.25) is 0 Å². The van der Waals surface area contributed by atoms with E-state index >= 15 is 0 Å². The van der Waals surface area contributed by atoms with Crippen LogP contribution in [-0.4, -0.2) is 29.4 Å². The average Bonchev–Trinajstić information content (AvgIpc) is 2.53. The van der Waals surface area contributed by atoms with E-state index in [1.54, 1.807) is 35.5 Å². The summed E-state index contributed by atoms with van der Waals surface area (Å²) in [5.41, 5.74) is 7.91. The molecule has 0 atom stereocenters. The monoisotopic (exact) mass is 285 g/mol. The molecule has 0 saturated carbocycles. The van der Waals surface area contributed by atoms with E-state index in [0.717, 1.165) is 5.56 Å². The van der Waals surface area contributed by atoms with Crippen molar-refractivity contribution >= 4 is 11.6 Å². The summed E-state index contributed by atoms with van der Waals surface area (Å²) in [6, 6.07) is 8.88. The van der Waals surface area contributed by atoms with E-state index in [1.165, 1.54) is 7.11 Å². The van der Waals surface area contributed by atoms with Crippen LogP contribution < -0.4 is 10.5 Å². The second-order valence-electron chi connectivity index (χ2n) is 4.63. The van der Waals surface area contributed by atoms with Crippen molar-refractivity contribution in [1.29, 1.82) is 0 Å². The number of carbonyl (C=O) groups excluding carboxylic acids is 1. The molecule has 21 heavy (non-hydrogen) atoms. The number of nitrogens with zero attached hydrogens (tertiary/aromatic N) is 2. The Labute approximate surface area is 124 Å². The third kappa shape index (κ3) is 3.51. The summed E-state index contributed by atoms with van der Waals surface area (Å²) in [5, 5.41) is 0. The van der Waals surface area contributed by atoms with Crippen molar-refractivity contribution in [2.24, 2.45) is 0 Å². The Balaban J connectivity index is 2.20. The molecule has 5 heteroatoms. The van der Waals surface area contributed by atoms with Gasteiger partial charge in [0.25, 0.3) is 5.91 Å².